The number of nitrogens with zero attached hydrogens (tertiary/aromatic N) is 1. The summed E-state index contributed by atoms with van der Waals surface area (Å²) in [4.78, 5) is 3.56. The molecule has 0 aliphatic rings. The quantitative estimate of drug-likeness (QED) is 0.820. The Morgan fingerprint density at radius 1 is 1.19 bits per heavy atom. The van der Waals surface area contributed by atoms with Crippen molar-refractivity contribution in [3.8, 4) is 0 Å². The summed E-state index contributed by atoms with van der Waals surface area (Å²) < 4.78 is 0. The third-order valence-corrected chi connectivity index (χ3v) is 3.90. The van der Waals surface area contributed by atoms with Gasteiger partial charge in [0, 0.05) is 11.9 Å². The zero-order valence-corrected chi connectivity index (χ0v) is 10.4. The zero-order chi connectivity index (χ0) is 11.5. The fraction of sp³-hybridized carbons (Fsp3) is 0.231. The van der Waals surface area contributed by atoms with Crippen LogP contribution >= 0.6 is 11.3 Å². The number of nitrogens with two attached hydrogens (primary N) is 1. The monoisotopic (exact) mass is 232 g/mol. The van der Waals surface area contributed by atoms with Crippen LogP contribution in [-0.4, -0.2) is 7.05 Å². The fourth-order valence-corrected chi connectivity index (χ4v) is 2.56. The van der Waals surface area contributed by atoms with Crippen molar-refractivity contribution in [1.82, 2.24) is 0 Å². The lowest BCUT2D eigenvalue weighted by Crippen LogP contribution is -2.21. The normalized spacial score (nSPS) is 12.4. The second-order valence-electron chi connectivity index (χ2n) is 3.86. The number of rotatable bonds is 3. The van der Waals surface area contributed by atoms with Crippen LogP contribution in [0.2, 0.25) is 0 Å². The molecule has 0 fully saturated rings. The Hall–Kier alpha value is -1.48. The Kier molecular flexibility index (Phi) is 3.15. The first-order valence-corrected chi connectivity index (χ1v) is 6.19. The summed E-state index contributed by atoms with van der Waals surface area (Å²) >= 11 is 1.78. The molecule has 3 heteroatoms. The molecule has 84 valence electrons. The van der Waals surface area contributed by atoms with Gasteiger partial charge in [-0.2, -0.15) is 0 Å². The van der Waals surface area contributed by atoms with Gasteiger partial charge >= 0.3 is 0 Å². The van der Waals surface area contributed by atoms with E-state index in [1.807, 2.05) is 18.2 Å². The van der Waals surface area contributed by atoms with Crippen LogP contribution in [0, 0.1) is 0 Å². The van der Waals surface area contributed by atoms with E-state index in [0.29, 0.717) is 6.04 Å². The molecule has 0 saturated heterocycles. The summed E-state index contributed by atoms with van der Waals surface area (Å²) in [5.74, 6) is 0. The molecule has 1 aromatic carbocycles. The maximum absolute atomic E-state index is 5.97. The molecule has 0 aliphatic heterocycles. The third kappa shape index (κ3) is 2.04. The van der Waals surface area contributed by atoms with Crippen molar-refractivity contribution in [2.24, 2.45) is 0 Å². The number of thiophene rings is 1. The van der Waals surface area contributed by atoms with Crippen molar-refractivity contribution >= 4 is 22.7 Å². The van der Waals surface area contributed by atoms with E-state index >= 15 is 0 Å². The SMILES string of the molecule is CC(c1cccs1)N(C)c1ccccc1N. The minimum absolute atomic E-state index is 0.352. The molecule has 1 unspecified atom stereocenters. The number of nitrogen functional groups attached to an aromatic ring is 1. The Balaban J connectivity index is 2.26. The molecule has 0 amide bonds. The van der Waals surface area contributed by atoms with Crippen LogP contribution in [0.4, 0.5) is 11.4 Å². The lowest BCUT2D eigenvalue weighted by atomic mass is 10.2. The molecule has 0 radical (unpaired) electrons. The van der Waals surface area contributed by atoms with Crippen LogP contribution in [0.5, 0.6) is 0 Å². The molecule has 2 N–H and O–H groups in total. The summed E-state index contributed by atoms with van der Waals surface area (Å²) in [7, 11) is 2.08. The van der Waals surface area contributed by atoms with Gasteiger partial charge in [-0.15, -0.1) is 11.3 Å². The number of anilines is 2. The van der Waals surface area contributed by atoms with E-state index in [9.17, 15) is 0 Å². The highest BCUT2D eigenvalue weighted by Gasteiger charge is 2.14. The van der Waals surface area contributed by atoms with Crippen molar-refractivity contribution in [3.63, 3.8) is 0 Å². The minimum Gasteiger partial charge on any atom is -0.397 e. The second-order valence-corrected chi connectivity index (χ2v) is 4.84. The van der Waals surface area contributed by atoms with Crippen molar-refractivity contribution in [3.05, 3.63) is 46.7 Å². The molecule has 2 rings (SSSR count). The number of para-hydroxylation sites is 2. The first-order chi connectivity index (χ1) is 7.70. The first kappa shape index (κ1) is 11.0. The maximum atomic E-state index is 5.97. The summed E-state index contributed by atoms with van der Waals surface area (Å²) in [6.07, 6.45) is 0. The number of hydrogen-bond donors (Lipinski definition) is 1. The summed E-state index contributed by atoms with van der Waals surface area (Å²) in [6.45, 7) is 2.19. The summed E-state index contributed by atoms with van der Waals surface area (Å²) in [5, 5.41) is 2.11. The number of benzene rings is 1. The van der Waals surface area contributed by atoms with Gasteiger partial charge in [0.1, 0.15) is 0 Å². The maximum Gasteiger partial charge on any atom is 0.0604 e. The van der Waals surface area contributed by atoms with Gasteiger partial charge in [0.15, 0.2) is 0 Å². The van der Waals surface area contributed by atoms with Gasteiger partial charge in [-0.25, -0.2) is 0 Å². The molecule has 1 aromatic heterocycles. The van der Waals surface area contributed by atoms with Crippen LogP contribution < -0.4 is 10.6 Å². The molecule has 0 spiro atoms. The zero-order valence-electron chi connectivity index (χ0n) is 9.55. The van der Waals surface area contributed by atoms with Gasteiger partial charge in [0.2, 0.25) is 0 Å². The van der Waals surface area contributed by atoms with E-state index in [1.54, 1.807) is 11.3 Å². The minimum atomic E-state index is 0.352. The predicted molar refractivity (Wildman–Crippen MR) is 72.0 cm³/mol. The molecule has 0 saturated carbocycles. The van der Waals surface area contributed by atoms with Crippen LogP contribution in [0.25, 0.3) is 0 Å². The first-order valence-electron chi connectivity index (χ1n) is 5.31. The van der Waals surface area contributed by atoms with Crippen LogP contribution in [0.15, 0.2) is 41.8 Å². The van der Waals surface area contributed by atoms with Gasteiger partial charge in [-0.3, -0.25) is 0 Å². The van der Waals surface area contributed by atoms with E-state index in [2.05, 4.69) is 42.5 Å². The Morgan fingerprint density at radius 2 is 1.94 bits per heavy atom. The van der Waals surface area contributed by atoms with E-state index in [4.69, 9.17) is 5.73 Å². The van der Waals surface area contributed by atoms with Crippen LogP contribution in [0.1, 0.15) is 17.8 Å². The molecule has 0 aliphatic carbocycles. The van der Waals surface area contributed by atoms with Crippen molar-refractivity contribution in [2.75, 3.05) is 17.7 Å². The van der Waals surface area contributed by atoms with Crippen LogP contribution in [0.3, 0.4) is 0 Å². The molecule has 0 bridgehead atoms. The smallest absolute Gasteiger partial charge is 0.0604 e. The van der Waals surface area contributed by atoms with E-state index in [1.165, 1.54) is 4.88 Å². The molecule has 16 heavy (non-hydrogen) atoms. The van der Waals surface area contributed by atoms with Gasteiger partial charge in [0.25, 0.3) is 0 Å². The molecule has 2 aromatic rings. The molecular weight excluding hydrogens is 216 g/mol. The van der Waals surface area contributed by atoms with Gasteiger partial charge in [0.05, 0.1) is 17.4 Å². The van der Waals surface area contributed by atoms with E-state index in [0.717, 1.165) is 11.4 Å². The highest BCUT2D eigenvalue weighted by Crippen LogP contribution is 2.31. The average Bonchev–Trinajstić information content (AvgIpc) is 2.81. The van der Waals surface area contributed by atoms with Crippen molar-refractivity contribution < 1.29 is 0 Å². The van der Waals surface area contributed by atoms with Crippen molar-refractivity contribution in [1.29, 1.82) is 0 Å². The molecule has 2 nitrogen and oxygen atoms in total. The van der Waals surface area contributed by atoms with Gasteiger partial charge < -0.3 is 10.6 Å². The summed E-state index contributed by atoms with van der Waals surface area (Å²) in [6, 6.07) is 12.6. The second kappa shape index (κ2) is 4.58. The van der Waals surface area contributed by atoms with E-state index in [-0.39, 0.29) is 0 Å². The lowest BCUT2D eigenvalue weighted by Gasteiger charge is -2.27. The highest BCUT2D eigenvalue weighted by atomic mass is 32.1. The molecule has 1 heterocycles. The number of hydrogen-bond acceptors (Lipinski definition) is 3. The Labute approximate surface area is 100 Å². The third-order valence-electron chi connectivity index (χ3n) is 2.85. The van der Waals surface area contributed by atoms with Crippen molar-refractivity contribution in [2.45, 2.75) is 13.0 Å². The predicted octanol–water partition coefficient (Wildman–Crippen LogP) is 3.53. The Morgan fingerprint density at radius 3 is 2.56 bits per heavy atom. The van der Waals surface area contributed by atoms with Gasteiger partial charge in [-0.05, 0) is 30.5 Å². The fourth-order valence-electron chi connectivity index (χ4n) is 1.74. The largest absolute Gasteiger partial charge is 0.397 e. The topological polar surface area (TPSA) is 29.3 Å². The molecule has 1 atom stereocenters. The Bertz CT molecular complexity index is 451. The van der Waals surface area contributed by atoms with Gasteiger partial charge in [-0.1, -0.05) is 18.2 Å². The van der Waals surface area contributed by atoms with E-state index < -0.39 is 0 Å². The lowest BCUT2D eigenvalue weighted by molar-refractivity contribution is 0.755. The molecular formula is C13H16N2S. The average molecular weight is 232 g/mol. The standard InChI is InChI=1S/C13H16N2S/c1-10(13-8-5-9-16-13)15(2)12-7-4-3-6-11(12)14/h3-10H,14H2,1-2H3. The van der Waals surface area contributed by atoms with Crippen LogP contribution in [-0.2, 0) is 0 Å². The summed E-state index contributed by atoms with van der Waals surface area (Å²) in [5.41, 5.74) is 7.89. The highest BCUT2D eigenvalue weighted by molar-refractivity contribution is 7.10.